The highest BCUT2D eigenvalue weighted by Crippen LogP contribution is 2.29. The number of hydrogen-bond donors (Lipinski definition) is 3. The molecule has 158 valence electrons. The van der Waals surface area contributed by atoms with Gasteiger partial charge in [-0.3, -0.25) is 4.79 Å². The first-order chi connectivity index (χ1) is 13.7. The summed E-state index contributed by atoms with van der Waals surface area (Å²) in [5.74, 6) is -1.02. The number of rotatable bonds is 6. The number of nitrogens with zero attached hydrogens (tertiary/aromatic N) is 4. The predicted molar refractivity (Wildman–Crippen MR) is 112 cm³/mol. The van der Waals surface area contributed by atoms with Crippen molar-refractivity contribution in [2.45, 2.75) is 38.8 Å². The second kappa shape index (κ2) is 8.68. The van der Waals surface area contributed by atoms with Crippen molar-refractivity contribution in [3.63, 3.8) is 0 Å². The van der Waals surface area contributed by atoms with Crippen LogP contribution in [-0.4, -0.2) is 76.1 Å². The van der Waals surface area contributed by atoms with E-state index in [1.807, 2.05) is 21.0 Å². The minimum atomic E-state index is -0.957. The van der Waals surface area contributed by atoms with Gasteiger partial charge in [-0.1, -0.05) is 29.9 Å². The van der Waals surface area contributed by atoms with Gasteiger partial charge < -0.3 is 25.2 Å². The van der Waals surface area contributed by atoms with Crippen molar-refractivity contribution in [3.05, 3.63) is 27.2 Å². The zero-order chi connectivity index (χ0) is 21.3. The summed E-state index contributed by atoms with van der Waals surface area (Å²) in [6, 6.07) is -0.0519. The molecule has 1 saturated heterocycles. The van der Waals surface area contributed by atoms with E-state index in [0.717, 1.165) is 5.69 Å². The zero-order valence-electron chi connectivity index (χ0n) is 16.8. The van der Waals surface area contributed by atoms with Crippen molar-refractivity contribution in [2.75, 3.05) is 32.1 Å². The lowest BCUT2D eigenvalue weighted by Gasteiger charge is -2.41. The third-order valence-corrected chi connectivity index (χ3v) is 6.63. The fourth-order valence-corrected chi connectivity index (χ4v) is 4.69. The van der Waals surface area contributed by atoms with Crippen LogP contribution >= 0.6 is 22.9 Å². The summed E-state index contributed by atoms with van der Waals surface area (Å²) in [5.41, 5.74) is 1.26. The molecule has 0 unspecified atom stereocenters. The molecule has 0 saturated carbocycles. The van der Waals surface area contributed by atoms with Crippen molar-refractivity contribution in [1.82, 2.24) is 25.2 Å². The van der Waals surface area contributed by atoms with Crippen molar-refractivity contribution in [2.24, 2.45) is 0 Å². The van der Waals surface area contributed by atoms with Gasteiger partial charge in [0.2, 0.25) is 0 Å². The Balaban J connectivity index is 1.72. The summed E-state index contributed by atoms with van der Waals surface area (Å²) in [7, 11) is 3.92. The molecule has 2 aromatic heterocycles. The lowest BCUT2D eigenvalue weighted by molar-refractivity contribution is 0.0700. The van der Waals surface area contributed by atoms with E-state index in [9.17, 15) is 14.7 Å². The molecule has 29 heavy (non-hydrogen) atoms. The number of amides is 1. The molecule has 1 aliphatic rings. The van der Waals surface area contributed by atoms with E-state index >= 15 is 0 Å². The lowest BCUT2D eigenvalue weighted by atomic mass is 9.98. The Labute approximate surface area is 178 Å². The molecular formula is C18H25ClN6O3S. The molecule has 1 aliphatic heterocycles. The van der Waals surface area contributed by atoms with E-state index in [1.165, 1.54) is 11.3 Å². The third-order valence-electron chi connectivity index (χ3n) is 5.11. The number of halogens is 1. The standard InChI is InChI=1S/C18H25ClN6O3S/c1-5-10-14(19)23-15(21-10)16(26)22-11-6-7-25(8-12(11)24(3)4)18-20-9(2)13(29-18)17(27)28/h11-12H,5-8H2,1-4H3,(H,21,23)(H,22,26)(H,27,28)/t11-,12+/m1/s1. The number of piperidine rings is 1. The first-order valence-electron chi connectivity index (χ1n) is 9.38. The van der Waals surface area contributed by atoms with Gasteiger partial charge in [-0.2, -0.15) is 0 Å². The van der Waals surface area contributed by atoms with Crippen LogP contribution in [0.4, 0.5) is 5.13 Å². The van der Waals surface area contributed by atoms with Crippen molar-refractivity contribution in [3.8, 4) is 0 Å². The summed E-state index contributed by atoms with van der Waals surface area (Å²) < 4.78 is 0. The van der Waals surface area contributed by atoms with Gasteiger partial charge in [-0.25, -0.2) is 14.8 Å². The number of hydrogen-bond acceptors (Lipinski definition) is 7. The monoisotopic (exact) mass is 440 g/mol. The fraction of sp³-hybridized carbons (Fsp3) is 0.556. The summed E-state index contributed by atoms with van der Waals surface area (Å²) in [5, 5.41) is 13.4. The highest BCUT2D eigenvalue weighted by molar-refractivity contribution is 7.17. The number of likely N-dealkylation sites (N-methyl/N-ethyl adjacent to an activating group) is 1. The van der Waals surface area contributed by atoms with E-state index in [0.29, 0.717) is 41.9 Å². The van der Waals surface area contributed by atoms with Gasteiger partial charge >= 0.3 is 5.97 Å². The molecule has 1 fully saturated rings. The quantitative estimate of drug-likeness (QED) is 0.629. The smallest absolute Gasteiger partial charge is 0.347 e. The van der Waals surface area contributed by atoms with Crippen LogP contribution in [0.15, 0.2) is 0 Å². The van der Waals surface area contributed by atoms with E-state index in [4.69, 9.17) is 11.6 Å². The van der Waals surface area contributed by atoms with Crippen LogP contribution in [0.1, 0.15) is 45.0 Å². The molecule has 1 amide bonds. The Bertz CT molecular complexity index is 912. The summed E-state index contributed by atoms with van der Waals surface area (Å²) in [6.07, 6.45) is 1.37. The third kappa shape index (κ3) is 4.54. The maximum Gasteiger partial charge on any atom is 0.347 e. The summed E-state index contributed by atoms with van der Waals surface area (Å²) >= 11 is 7.24. The Morgan fingerprint density at radius 3 is 2.69 bits per heavy atom. The van der Waals surface area contributed by atoms with Crippen LogP contribution < -0.4 is 10.2 Å². The molecule has 0 aromatic carbocycles. The molecule has 2 atom stereocenters. The predicted octanol–water partition coefficient (Wildman–Crippen LogP) is 2.03. The number of carboxylic acid groups (broad SMARTS) is 1. The van der Waals surface area contributed by atoms with Crippen LogP contribution in [0.25, 0.3) is 0 Å². The second-order valence-corrected chi connectivity index (χ2v) is 8.61. The Morgan fingerprint density at radius 2 is 2.14 bits per heavy atom. The minimum Gasteiger partial charge on any atom is -0.477 e. The van der Waals surface area contributed by atoms with Crippen molar-refractivity contribution >= 4 is 39.9 Å². The van der Waals surface area contributed by atoms with Crippen LogP contribution in [0.2, 0.25) is 5.15 Å². The van der Waals surface area contributed by atoms with E-state index in [-0.39, 0.29) is 28.7 Å². The van der Waals surface area contributed by atoms with Gasteiger partial charge in [-0.05, 0) is 33.9 Å². The summed E-state index contributed by atoms with van der Waals surface area (Å²) in [4.78, 5) is 39.9. The number of imidazole rings is 1. The lowest BCUT2D eigenvalue weighted by Crippen LogP contribution is -2.59. The average molecular weight is 441 g/mol. The average Bonchev–Trinajstić information content (AvgIpc) is 3.24. The van der Waals surface area contributed by atoms with Gasteiger partial charge in [0, 0.05) is 25.2 Å². The molecule has 3 heterocycles. The minimum absolute atomic E-state index is 0.0289. The number of anilines is 1. The zero-order valence-corrected chi connectivity index (χ0v) is 18.4. The fourth-order valence-electron chi connectivity index (χ4n) is 3.48. The number of H-pyrrole nitrogens is 1. The maximum absolute atomic E-state index is 12.7. The first kappa shape index (κ1) is 21.5. The topological polar surface area (TPSA) is 114 Å². The van der Waals surface area contributed by atoms with Crippen molar-refractivity contribution < 1.29 is 14.7 Å². The van der Waals surface area contributed by atoms with Gasteiger partial charge in [0.25, 0.3) is 5.91 Å². The number of aromatic carboxylic acids is 1. The Hall–Kier alpha value is -2.17. The van der Waals surface area contributed by atoms with Crippen molar-refractivity contribution in [1.29, 1.82) is 0 Å². The first-order valence-corrected chi connectivity index (χ1v) is 10.6. The molecule has 0 radical (unpaired) electrons. The normalized spacial score (nSPS) is 19.6. The van der Waals surface area contributed by atoms with Gasteiger partial charge in [0.1, 0.15) is 4.88 Å². The molecule has 9 nitrogen and oxygen atoms in total. The summed E-state index contributed by atoms with van der Waals surface area (Å²) in [6.45, 7) is 4.94. The molecule has 2 aromatic rings. The number of carboxylic acids is 1. The highest BCUT2D eigenvalue weighted by atomic mass is 35.5. The number of nitrogens with one attached hydrogen (secondary N) is 2. The van der Waals surface area contributed by atoms with Gasteiger partial charge in [-0.15, -0.1) is 0 Å². The van der Waals surface area contributed by atoms with Gasteiger partial charge in [0.05, 0.1) is 11.4 Å². The van der Waals surface area contributed by atoms with E-state index in [2.05, 4.69) is 30.1 Å². The highest BCUT2D eigenvalue weighted by Gasteiger charge is 2.34. The number of thiazole rings is 1. The van der Waals surface area contributed by atoms with Crippen LogP contribution in [0.5, 0.6) is 0 Å². The van der Waals surface area contributed by atoms with Crippen LogP contribution in [0, 0.1) is 6.92 Å². The number of carbonyl (C=O) groups excluding carboxylic acids is 1. The van der Waals surface area contributed by atoms with Crippen LogP contribution in [-0.2, 0) is 6.42 Å². The molecule has 0 bridgehead atoms. The molecule has 11 heteroatoms. The molecule has 3 rings (SSSR count). The molecule has 0 aliphatic carbocycles. The second-order valence-electron chi connectivity index (χ2n) is 7.27. The number of aromatic amines is 1. The molecule has 3 N–H and O–H groups in total. The van der Waals surface area contributed by atoms with Gasteiger partial charge in [0.15, 0.2) is 16.1 Å². The van der Waals surface area contributed by atoms with E-state index in [1.54, 1.807) is 6.92 Å². The number of aryl methyl sites for hydroxylation is 2. The largest absolute Gasteiger partial charge is 0.477 e. The SMILES string of the molecule is CCc1[nH]c(C(=O)N[C@@H]2CCN(c3nc(C)c(C(=O)O)s3)C[C@@H]2N(C)C)nc1Cl. The van der Waals surface area contributed by atoms with Crippen LogP contribution in [0.3, 0.4) is 0 Å². The Morgan fingerprint density at radius 1 is 1.41 bits per heavy atom. The number of aromatic nitrogens is 3. The molecular weight excluding hydrogens is 416 g/mol. The Kier molecular flexibility index (Phi) is 6.45. The van der Waals surface area contributed by atoms with E-state index < -0.39 is 5.97 Å². The number of carbonyl (C=O) groups is 2. The molecule has 0 spiro atoms. The maximum atomic E-state index is 12.7.